The van der Waals surface area contributed by atoms with E-state index in [9.17, 15) is 4.79 Å². The molecule has 0 bridgehead atoms. The number of carboxylic acids is 1. The fraction of sp³-hybridized carbons (Fsp3) is 0.167. The Morgan fingerprint density at radius 3 is 2.59 bits per heavy atom. The van der Waals surface area contributed by atoms with Crippen LogP contribution in [0.2, 0.25) is 0 Å². The number of furan rings is 1. The third-order valence-corrected chi connectivity index (χ3v) is 4.44. The molecule has 0 saturated heterocycles. The molecule has 0 aliphatic carbocycles. The summed E-state index contributed by atoms with van der Waals surface area (Å²) in [5.41, 5.74) is 2.98. The van der Waals surface area contributed by atoms with Crippen molar-refractivity contribution >= 4 is 28.7 Å². The van der Waals surface area contributed by atoms with Crippen LogP contribution in [0.15, 0.2) is 57.8 Å². The molecule has 3 aromatic rings. The molecular formula is C18H16O3S. The van der Waals surface area contributed by atoms with Crippen molar-refractivity contribution in [1.29, 1.82) is 0 Å². The first-order valence-electron chi connectivity index (χ1n) is 7.14. The van der Waals surface area contributed by atoms with E-state index >= 15 is 0 Å². The number of carbonyl (C=O) groups is 1. The van der Waals surface area contributed by atoms with Gasteiger partial charge in [-0.15, -0.1) is 11.8 Å². The maximum absolute atomic E-state index is 11.0. The fourth-order valence-electron chi connectivity index (χ4n) is 2.49. The Hall–Kier alpha value is -2.20. The number of rotatable bonds is 5. The number of hydrogen-bond acceptors (Lipinski definition) is 3. The first-order chi connectivity index (χ1) is 10.7. The normalized spacial score (nSPS) is 11.0. The Morgan fingerprint density at radius 1 is 1.14 bits per heavy atom. The van der Waals surface area contributed by atoms with Gasteiger partial charge in [-0.25, -0.2) is 0 Å². The Kier molecular flexibility index (Phi) is 4.20. The monoisotopic (exact) mass is 312 g/mol. The minimum Gasteiger partial charge on any atom is -0.481 e. The van der Waals surface area contributed by atoms with Crippen LogP contribution in [0.1, 0.15) is 12.7 Å². The van der Waals surface area contributed by atoms with Gasteiger partial charge in [-0.05, 0) is 29.0 Å². The topological polar surface area (TPSA) is 50.4 Å². The van der Waals surface area contributed by atoms with Crippen LogP contribution >= 0.6 is 11.8 Å². The first-order valence-corrected chi connectivity index (χ1v) is 8.13. The molecule has 0 radical (unpaired) electrons. The minimum atomic E-state index is -0.875. The van der Waals surface area contributed by atoms with Crippen molar-refractivity contribution in [3.05, 3.63) is 54.3 Å². The zero-order valence-electron chi connectivity index (χ0n) is 12.2. The first kappa shape index (κ1) is 14.7. The van der Waals surface area contributed by atoms with Gasteiger partial charge in [0.1, 0.15) is 17.8 Å². The van der Waals surface area contributed by atoms with E-state index in [0.717, 1.165) is 32.7 Å². The quantitative estimate of drug-likeness (QED) is 0.685. The lowest BCUT2D eigenvalue weighted by Gasteiger charge is -2.02. The van der Waals surface area contributed by atoms with Crippen LogP contribution < -0.4 is 0 Å². The lowest BCUT2D eigenvalue weighted by molar-refractivity contribution is -0.136. The van der Waals surface area contributed by atoms with Gasteiger partial charge < -0.3 is 9.52 Å². The number of fused-ring (bicyclic) bond motifs is 1. The van der Waals surface area contributed by atoms with E-state index in [1.54, 1.807) is 11.8 Å². The summed E-state index contributed by atoms with van der Waals surface area (Å²) in [5.74, 6) is 0.538. The second-order valence-electron chi connectivity index (χ2n) is 4.93. The van der Waals surface area contributed by atoms with Gasteiger partial charge in [0.05, 0.1) is 4.90 Å². The second-order valence-corrected chi connectivity index (χ2v) is 6.21. The lowest BCUT2D eigenvalue weighted by Crippen LogP contribution is -1.99. The number of benzene rings is 2. The molecule has 3 rings (SSSR count). The summed E-state index contributed by atoms with van der Waals surface area (Å²) in [6, 6.07) is 16.1. The zero-order chi connectivity index (χ0) is 15.5. The molecule has 1 N–H and O–H groups in total. The van der Waals surface area contributed by atoms with E-state index in [-0.39, 0.29) is 6.42 Å². The SMILES string of the molecule is CCSc1c(CC(=O)O)oc2ccc(-c3ccccc3)cc12. The third-order valence-electron chi connectivity index (χ3n) is 3.42. The van der Waals surface area contributed by atoms with Crippen molar-refractivity contribution < 1.29 is 14.3 Å². The zero-order valence-corrected chi connectivity index (χ0v) is 13.0. The fourth-order valence-corrected chi connectivity index (χ4v) is 3.37. The number of hydrogen-bond donors (Lipinski definition) is 1. The molecule has 4 heteroatoms. The van der Waals surface area contributed by atoms with Gasteiger partial charge in [-0.2, -0.15) is 0 Å². The summed E-state index contributed by atoms with van der Waals surface area (Å²) >= 11 is 1.63. The van der Waals surface area contributed by atoms with Crippen LogP contribution in [-0.4, -0.2) is 16.8 Å². The Morgan fingerprint density at radius 2 is 1.91 bits per heavy atom. The predicted octanol–water partition coefficient (Wildman–Crippen LogP) is 4.84. The van der Waals surface area contributed by atoms with Gasteiger partial charge in [0.15, 0.2) is 0 Å². The van der Waals surface area contributed by atoms with Crippen molar-refractivity contribution in [2.75, 3.05) is 5.75 Å². The number of thioether (sulfide) groups is 1. The molecule has 1 aromatic heterocycles. The summed E-state index contributed by atoms with van der Waals surface area (Å²) in [7, 11) is 0. The van der Waals surface area contributed by atoms with Gasteiger partial charge in [0, 0.05) is 5.39 Å². The molecule has 0 atom stereocenters. The molecule has 0 amide bonds. The Balaban J connectivity index is 2.13. The van der Waals surface area contributed by atoms with Crippen molar-refractivity contribution in [2.45, 2.75) is 18.2 Å². The summed E-state index contributed by atoms with van der Waals surface area (Å²) in [6.07, 6.45) is -0.0856. The van der Waals surface area contributed by atoms with E-state index in [2.05, 4.69) is 25.1 Å². The van der Waals surface area contributed by atoms with Gasteiger partial charge in [-0.3, -0.25) is 4.79 Å². The lowest BCUT2D eigenvalue weighted by atomic mass is 10.0. The van der Waals surface area contributed by atoms with Crippen molar-refractivity contribution in [3.8, 4) is 11.1 Å². The molecule has 0 saturated carbocycles. The van der Waals surface area contributed by atoms with E-state index in [1.165, 1.54) is 0 Å². The number of carboxylic acid groups (broad SMARTS) is 1. The molecule has 2 aromatic carbocycles. The summed E-state index contributed by atoms with van der Waals surface area (Å²) < 4.78 is 5.75. The van der Waals surface area contributed by atoms with Crippen LogP contribution in [0.4, 0.5) is 0 Å². The maximum atomic E-state index is 11.0. The maximum Gasteiger partial charge on any atom is 0.311 e. The van der Waals surface area contributed by atoms with Gasteiger partial charge in [0.2, 0.25) is 0 Å². The van der Waals surface area contributed by atoms with Gasteiger partial charge in [0.25, 0.3) is 0 Å². The Bertz CT molecular complexity index is 806. The average Bonchev–Trinajstić information content (AvgIpc) is 2.85. The summed E-state index contributed by atoms with van der Waals surface area (Å²) in [4.78, 5) is 12.0. The third kappa shape index (κ3) is 2.88. The van der Waals surface area contributed by atoms with Crippen molar-refractivity contribution in [2.24, 2.45) is 0 Å². The molecule has 0 fully saturated rings. The molecule has 0 spiro atoms. The van der Waals surface area contributed by atoms with Crippen LogP contribution in [0, 0.1) is 0 Å². The smallest absolute Gasteiger partial charge is 0.311 e. The predicted molar refractivity (Wildman–Crippen MR) is 89.4 cm³/mol. The molecule has 0 unspecified atom stereocenters. The highest BCUT2D eigenvalue weighted by Crippen LogP contribution is 2.36. The second kappa shape index (κ2) is 6.28. The molecule has 112 valence electrons. The highest BCUT2D eigenvalue weighted by molar-refractivity contribution is 7.99. The number of aliphatic carboxylic acids is 1. The van der Waals surface area contributed by atoms with E-state index in [0.29, 0.717) is 5.76 Å². The van der Waals surface area contributed by atoms with Gasteiger partial charge in [-0.1, -0.05) is 43.3 Å². The van der Waals surface area contributed by atoms with Crippen LogP contribution in [0.3, 0.4) is 0 Å². The van der Waals surface area contributed by atoms with Crippen molar-refractivity contribution in [3.63, 3.8) is 0 Å². The van der Waals surface area contributed by atoms with Crippen LogP contribution in [0.5, 0.6) is 0 Å². The van der Waals surface area contributed by atoms with E-state index < -0.39 is 5.97 Å². The minimum absolute atomic E-state index is 0.0856. The largest absolute Gasteiger partial charge is 0.481 e. The van der Waals surface area contributed by atoms with E-state index in [1.807, 2.05) is 30.3 Å². The van der Waals surface area contributed by atoms with Crippen LogP contribution in [-0.2, 0) is 11.2 Å². The highest BCUT2D eigenvalue weighted by atomic mass is 32.2. The molecule has 22 heavy (non-hydrogen) atoms. The van der Waals surface area contributed by atoms with Gasteiger partial charge >= 0.3 is 5.97 Å². The van der Waals surface area contributed by atoms with Crippen molar-refractivity contribution in [1.82, 2.24) is 0 Å². The Labute approximate surface area is 133 Å². The standard InChI is InChI=1S/C18H16O3S/c1-2-22-18-14-10-13(12-6-4-3-5-7-12)8-9-15(14)21-16(18)11-17(19)20/h3-10H,2,11H2,1H3,(H,19,20). The summed E-state index contributed by atoms with van der Waals surface area (Å²) in [5, 5.41) is 10.0. The molecule has 0 aliphatic heterocycles. The average molecular weight is 312 g/mol. The highest BCUT2D eigenvalue weighted by Gasteiger charge is 2.17. The van der Waals surface area contributed by atoms with Crippen LogP contribution in [0.25, 0.3) is 22.1 Å². The molecule has 1 heterocycles. The summed E-state index contributed by atoms with van der Waals surface area (Å²) in [6.45, 7) is 2.05. The molecular weight excluding hydrogens is 296 g/mol. The molecule has 3 nitrogen and oxygen atoms in total. The molecule has 0 aliphatic rings. The van der Waals surface area contributed by atoms with E-state index in [4.69, 9.17) is 9.52 Å².